The van der Waals surface area contributed by atoms with Crippen molar-refractivity contribution in [3.63, 3.8) is 0 Å². The number of aromatic nitrogens is 3. The number of nitrogens with zero attached hydrogens (tertiary/aromatic N) is 4. The Morgan fingerprint density at radius 1 is 1.19 bits per heavy atom. The number of hydrogen-bond donors (Lipinski definition) is 6. The van der Waals surface area contributed by atoms with Gasteiger partial charge in [-0.25, -0.2) is 4.79 Å². The lowest BCUT2D eigenvalue weighted by Gasteiger charge is -2.27. The van der Waals surface area contributed by atoms with Gasteiger partial charge >= 0.3 is 5.69 Å². The second kappa shape index (κ2) is 15.0. The van der Waals surface area contributed by atoms with E-state index in [1.807, 2.05) is 30.5 Å². The summed E-state index contributed by atoms with van der Waals surface area (Å²) in [6, 6.07) is 9.93. The summed E-state index contributed by atoms with van der Waals surface area (Å²) >= 11 is 0. The van der Waals surface area contributed by atoms with E-state index in [9.17, 15) is 9.90 Å². The average molecular weight is 596 g/mol. The molecule has 4 rings (SSSR count). The zero-order chi connectivity index (χ0) is 31.8. The number of H-pyrrole nitrogens is 1. The second-order valence-electron chi connectivity index (χ2n) is 13.6. The zero-order valence-electron chi connectivity index (χ0n) is 26.9. The summed E-state index contributed by atoms with van der Waals surface area (Å²) in [5.74, 6) is 0.880. The molecule has 1 saturated heterocycles. The molecule has 1 fully saturated rings. The Balaban J connectivity index is 0.000000303. The summed E-state index contributed by atoms with van der Waals surface area (Å²) < 4.78 is 1.58. The molecule has 3 heterocycles. The topological polar surface area (TPSA) is 177 Å². The minimum atomic E-state index is -0.353. The maximum Gasteiger partial charge on any atom is 0.354 e. The predicted octanol–water partition coefficient (Wildman–Crippen LogP) is 2.44. The van der Waals surface area contributed by atoms with Crippen molar-refractivity contribution in [2.75, 3.05) is 39.3 Å². The first-order valence-electron chi connectivity index (χ1n) is 15.3. The summed E-state index contributed by atoms with van der Waals surface area (Å²) in [5, 5.41) is 13.7. The van der Waals surface area contributed by atoms with Gasteiger partial charge in [0, 0.05) is 55.4 Å². The number of aliphatic imine (C=N–C) groups is 1. The van der Waals surface area contributed by atoms with Gasteiger partial charge in [0.2, 0.25) is 0 Å². The fourth-order valence-electron chi connectivity index (χ4n) is 5.08. The number of hydrogen-bond acceptors (Lipinski definition) is 7. The van der Waals surface area contributed by atoms with Gasteiger partial charge < -0.3 is 37.5 Å². The number of fused-ring (bicyclic) bond motifs is 1. The molecule has 238 valence electrons. The maximum atomic E-state index is 12.5. The third-order valence-corrected chi connectivity index (χ3v) is 7.90. The number of aliphatic hydroxyl groups excluding tert-OH is 1. The molecule has 11 nitrogen and oxygen atoms in total. The molecule has 0 radical (unpaired) electrons. The molecular formula is C32H53N9O2. The van der Waals surface area contributed by atoms with Crippen LogP contribution in [0.3, 0.4) is 0 Å². The van der Waals surface area contributed by atoms with Crippen LogP contribution in [0.15, 0.2) is 46.3 Å². The highest BCUT2D eigenvalue weighted by Gasteiger charge is 2.32. The highest BCUT2D eigenvalue weighted by atomic mass is 16.3. The molecule has 2 unspecified atom stereocenters. The summed E-state index contributed by atoms with van der Waals surface area (Å²) in [6.45, 7) is 18.7. The zero-order valence-corrected chi connectivity index (χ0v) is 26.9. The lowest BCUT2D eigenvalue weighted by molar-refractivity contribution is 0.124. The number of rotatable bonds is 10. The van der Waals surface area contributed by atoms with Crippen molar-refractivity contribution in [3.05, 3.63) is 58.3 Å². The Bertz CT molecular complexity index is 1380. The first-order valence-corrected chi connectivity index (χ1v) is 15.3. The Kier molecular flexibility index (Phi) is 11.9. The van der Waals surface area contributed by atoms with Gasteiger partial charge in [-0.2, -0.15) is 4.98 Å². The largest absolute Gasteiger partial charge is 0.390 e. The van der Waals surface area contributed by atoms with E-state index in [2.05, 4.69) is 72.8 Å². The molecule has 2 aromatic heterocycles. The third-order valence-electron chi connectivity index (χ3n) is 7.90. The first-order chi connectivity index (χ1) is 20.2. The van der Waals surface area contributed by atoms with Crippen LogP contribution in [0.4, 0.5) is 0 Å². The summed E-state index contributed by atoms with van der Waals surface area (Å²) in [4.78, 5) is 26.2. The van der Waals surface area contributed by atoms with Crippen LogP contribution in [-0.2, 0) is 12.0 Å². The minimum Gasteiger partial charge on any atom is -0.390 e. The van der Waals surface area contributed by atoms with Gasteiger partial charge in [0.1, 0.15) is 5.65 Å². The molecular weight excluding hydrogens is 542 g/mol. The fraction of sp³-hybridized carbons (Fsp3) is 0.594. The quantitative estimate of drug-likeness (QED) is 0.118. The van der Waals surface area contributed by atoms with E-state index < -0.39 is 0 Å². The number of guanidine groups is 1. The second-order valence-corrected chi connectivity index (χ2v) is 13.6. The lowest BCUT2D eigenvalue weighted by atomic mass is 9.80. The molecule has 0 aliphatic carbocycles. The average Bonchev–Trinajstić information content (AvgIpc) is 3.58. The minimum absolute atomic E-state index is 0.0352. The van der Waals surface area contributed by atoms with Gasteiger partial charge in [-0.3, -0.25) is 9.56 Å². The number of aromatic amines is 1. The highest BCUT2D eigenvalue weighted by molar-refractivity contribution is 5.76. The van der Waals surface area contributed by atoms with Crippen molar-refractivity contribution in [2.45, 2.75) is 72.4 Å². The van der Waals surface area contributed by atoms with Crippen molar-refractivity contribution in [1.29, 1.82) is 0 Å². The molecule has 2 atom stereocenters. The Hall–Kier alpha value is -3.25. The normalized spacial score (nSPS) is 16.6. The summed E-state index contributed by atoms with van der Waals surface area (Å²) in [7, 11) is 0. The van der Waals surface area contributed by atoms with Crippen LogP contribution in [0.1, 0.15) is 65.6 Å². The van der Waals surface area contributed by atoms with Gasteiger partial charge in [-0.15, -0.1) is 0 Å². The molecule has 1 aromatic carbocycles. The van der Waals surface area contributed by atoms with E-state index in [1.54, 1.807) is 4.57 Å². The van der Waals surface area contributed by atoms with Gasteiger partial charge in [0.15, 0.2) is 5.96 Å². The Morgan fingerprint density at radius 3 is 2.47 bits per heavy atom. The van der Waals surface area contributed by atoms with Crippen LogP contribution in [0.25, 0.3) is 16.7 Å². The lowest BCUT2D eigenvalue weighted by Crippen LogP contribution is -2.36. The molecule has 0 bridgehead atoms. The molecule has 0 amide bonds. The van der Waals surface area contributed by atoms with Gasteiger partial charge in [-0.05, 0) is 61.0 Å². The number of likely N-dealkylation sites (tertiary alicyclic amines) is 1. The van der Waals surface area contributed by atoms with Gasteiger partial charge in [-0.1, -0.05) is 53.7 Å². The van der Waals surface area contributed by atoms with Crippen molar-refractivity contribution in [2.24, 2.45) is 33.5 Å². The first kappa shape index (κ1) is 34.2. The van der Waals surface area contributed by atoms with Crippen molar-refractivity contribution in [1.82, 2.24) is 24.8 Å². The van der Waals surface area contributed by atoms with E-state index >= 15 is 0 Å². The van der Waals surface area contributed by atoms with E-state index in [4.69, 9.17) is 17.2 Å². The van der Waals surface area contributed by atoms with Crippen LogP contribution < -0.4 is 28.2 Å². The van der Waals surface area contributed by atoms with Crippen LogP contribution in [0.5, 0.6) is 0 Å². The van der Waals surface area contributed by atoms with Crippen LogP contribution in [0.2, 0.25) is 0 Å². The van der Waals surface area contributed by atoms with Gasteiger partial charge in [0.05, 0.1) is 11.8 Å². The standard InChI is InChI=1S/C21H29N7O.C11H24N2O/c1-21(2,3)17-11-15-13-28(20(29)27-18(15)26-17)16-7-5-14(6-8-16)12-24-9-4-10-25-19(22)23;1-11(2,3)9-4-5-13(7-9)8-10(14)6-12/h5-8,11,13,24H,4,9-10,12H2,1-3H3,(H4,22,23,25)(H,26,27,29);9-10,14H,4-8,12H2,1-3H3. The number of aliphatic hydroxyl groups is 1. The summed E-state index contributed by atoms with van der Waals surface area (Å²) in [6.07, 6.45) is 3.60. The van der Waals surface area contributed by atoms with E-state index in [0.29, 0.717) is 24.2 Å². The van der Waals surface area contributed by atoms with E-state index in [1.165, 1.54) is 6.42 Å². The molecule has 43 heavy (non-hydrogen) atoms. The van der Waals surface area contributed by atoms with Crippen molar-refractivity contribution >= 4 is 17.0 Å². The monoisotopic (exact) mass is 595 g/mol. The van der Waals surface area contributed by atoms with E-state index in [-0.39, 0.29) is 23.2 Å². The van der Waals surface area contributed by atoms with Crippen LogP contribution >= 0.6 is 0 Å². The number of nitrogens with two attached hydrogens (primary N) is 3. The highest BCUT2D eigenvalue weighted by Crippen LogP contribution is 2.33. The Labute approximate surface area is 256 Å². The third kappa shape index (κ3) is 10.5. The molecule has 1 aliphatic rings. The number of nitrogens with one attached hydrogen (secondary N) is 2. The summed E-state index contributed by atoms with van der Waals surface area (Å²) in [5.41, 5.74) is 19.6. The van der Waals surface area contributed by atoms with Crippen LogP contribution in [0, 0.1) is 11.3 Å². The molecule has 3 aromatic rings. The molecule has 0 saturated carbocycles. The van der Waals surface area contributed by atoms with Gasteiger partial charge in [0.25, 0.3) is 0 Å². The molecule has 1 aliphatic heterocycles. The predicted molar refractivity (Wildman–Crippen MR) is 176 cm³/mol. The molecule has 0 spiro atoms. The number of benzene rings is 1. The molecule has 11 heteroatoms. The van der Waals surface area contributed by atoms with Crippen molar-refractivity contribution in [3.8, 4) is 5.69 Å². The Morgan fingerprint density at radius 2 is 1.88 bits per heavy atom. The fourth-order valence-corrected chi connectivity index (χ4v) is 5.08. The SMILES string of the molecule is CC(C)(C)C1CCN(CC(O)CN)C1.CC(C)(C)c1cc2cn(-c3ccc(CNCCCN=C(N)N)cc3)c(=O)nc2[nH]1. The van der Waals surface area contributed by atoms with E-state index in [0.717, 1.165) is 67.4 Å². The molecule has 9 N–H and O–H groups in total. The smallest absolute Gasteiger partial charge is 0.354 e. The number of β-amino-alcohol motifs (C(OH)–C–C–N with tert-alkyl or cyclic N) is 1. The maximum absolute atomic E-state index is 12.5. The van der Waals surface area contributed by atoms with Crippen LogP contribution in [-0.4, -0.2) is 75.9 Å². The van der Waals surface area contributed by atoms with Crippen molar-refractivity contribution < 1.29 is 5.11 Å².